The lowest BCUT2D eigenvalue weighted by Crippen LogP contribution is -2.13. The van der Waals surface area contributed by atoms with E-state index in [1.165, 1.54) is 24.5 Å². The van der Waals surface area contributed by atoms with E-state index in [-0.39, 0.29) is 12.4 Å². The van der Waals surface area contributed by atoms with Gasteiger partial charge in [0, 0.05) is 11.8 Å². The molecular weight excluding hydrogens is 251 g/mol. The van der Waals surface area contributed by atoms with Crippen LogP contribution in [0.1, 0.15) is 0 Å². The van der Waals surface area contributed by atoms with E-state index in [1.807, 2.05) is 0 Å². The number of nitrogens with zero attached hydrogens (tertiary/aromatic N) is 2. The molecular formula is C12H11FN4O2. The van der Waals surface area contributed by atoms with Crippen molar-refractivity contribution in [3.63, 3.8) is 0 Å². The summed E-state index contributed by atoms with van der Waals surface area (Å²) in [5.74, 6) is -0.536. The fourth-order valence-electron chi connectivity index (χ4n) is 1.40. The van der Waals surface area contributed by atoms with Crippen LogP contribution < -0.4 is 10.6 Å². The van der Waals surface area contributed by atoms with Crippen LogP contribution in [0.2, 0.25) is 0 Å². The highest BCUT2D eigenvalue weighted by molar-refractivity contribution is 5.72. The third-order valence-corrected chi connectivity index (χ3v) is 2.18. The maximum absolute atomic E-state index is 13.0. The van der Waals surface area contributed by atoms with Gasteiger partial charge in [-0.15, -0.1) is 0 Å². The number of carboxylic acid groups (broad SMARTS) is 1. The lowest BCUT2D eigenvalue weighted by atomic mass is 10.3. The molecule has 0 radical (unpaired) electrons. The van der Waals surface area contributed by atoms with Gasteiger partial charge in [-0.05, 0) is 18.2 Å². The molecule has 0 aliphatic carbocycles. The smallest absolute Gasteiger partial charge is 0.322 e. The Morgan fingerprint density at radius 1 is 1.26 bits per heavy atom. The second-order valence-electron chi connectivity index (χ2n) is 3.67. The number of hydrogen-bond donors (Lipinski definition) is 3. The predicted octanol–water partition coefficient (Wildman–Crippen LogP) is 1.86. The highest BCUT2D eigenvalue weighted by Crippen LogP contribution is 2.16. The minimum atomic E-state index is -0.988. The van der Waals surface area contributed by atoms with Gasteiger partial charge in [0.1, 0.15) is 30.3 Å². The predicted molar refractivity (Wildman–Crippen MR) is 67.8 cm³/mol. The van der Waals surface area contributed by atoms with E-state index in [1.54, 1.807) is 12.1 Å². The Bertz CT molecular complexity index is 591. The van der Waals surface area contributed by atoms with E-state index < -0.39 is 5.97 Å². The lowest BCUT2D eigenvalue weighted by molar-refractivity contribution is -0.134. The van der Waals surface area contributed by atoms with Crippen LogP contribution in [0, 0.1) is 5.82 Å². The van der Waals surface area contributed by atoms with Gasteiger partial charge in [0.15, 0.2) is 0 Å². The number of benzene rings is 1. The molecule has 2 rings (SSSR count). The number of aromatic nitrogens is 2. The molecule has 0 bridgehead atoms. The number of carbonyl (C=O) groups is 1. The first-order valence-corrected chi connectivity index (χ1v) is 5.44. The van der Waals surface area contributed by atoms with Gasteiger partial charge < -0.3 is 15.7 Å². The Kier molecular flexibility index (Phi) is 3.87. The van der Waals surface area contributed by atoms with Crippen LogP contribution in [0.3, 0.4) is 0 Å². The van der Waals surface area contributed by atoms with Gasteiger partial charge in [-0.2, -0.15) is 0 Å². The Balaban J connectivity index is 2.08. The molecule has 0 atom stereocenters. The van der Waals surface area contributed by atoms with Gasteiger partial charge in [0.25, 0.3) is 0 Å². The number of nitrogens with one attached hydrogen (secondary N) is 2. The van der Waals surface area contributed by atoms with Crippen molar-refractivity contribution in [2.75, 3.05) is 17.2 Å². The topological polar surface area (TPSA) is 87.1 Å². The second kappa shape index (κ2) is 5.76. The maximum Gasteiger partial charge on any atom is 0.322 e. The van der Waals surface area contributed by atoms with E-state index >= 15 is 0 Å². The molecule has 19 heavy (non-hydrogen) atoms. The minimum absolute atomic E-state index is 0.240. The molecule has 0 aliphatic rings. The van der Waals surface area contributed by atoms with Crippen LogP contribution >= 0.6 is 0 Å². The minimum Gasteiger partial charge on any atom is -0.480 e. The molecule has 1 heterocycles. The van der Waals surface area contributed by atoms with E-state index in [0.717, 1.165) is 0 Å². The van der Waals surface area contributed by atoms with Crippen molar-refractivity contribution in [2.45, 2.75) is 0 Å². The fourth-order valence-corrected chi connectivity index (χ4v) is 1.40. The molecule has 0 spiro atoms. The number of anilines is 3. The number of rotatable bonds is 5. The zero-order chi connectivity index (χ0) is 13.7. The van der Waals surface area contributed by atoms with Crippen LogP contribution in [0.4, 0.5) is 21.7 Å². The summed E-state index contributed by atoms with van der Waals surface area (Å²) in [6.07, 6.45) is 1.28. The van der Waals surface area contributed by atoms with Crippen molar-refractivity contribution in [1.82, 2.24) is 9.97 Å². The van der Waals surface area contributed by atoms with Crippen LogP contribution in [0.25, 0.3) is 0 Å². The van der Waals surface area contributed by atoms with Gasteiger partial charge in [0.05, 0.1) is 0 Å². The Labute approximate surface area is 108 Å². The summed E-state index contributed by atoms with van der Waals surface area (Å²) in [5, 5.41) is 14.1. The highest BCUT2D eigenvalue weighted by atomic mass is 19.1. The van der Waals surface area contributed by atoms with E-state index in [0.29, 0.717) is 17.3 Å². The molecule has 1 aromatic carbocycles. The quantitative estimate of drug-likeness (QED) is 0.762. The summed E-state index contributed by atoms with van der Waals surface area (Å²) in [5.41, 5.74) is 0.544. The number of carboxylic acids is 1. The van der Waals surface area contributed by atoms with E-state index in [2.05, 4.69) is 20.6 Å². The van der Waals surface area contributed by atoms with Crippen molar-refractivity contribution in [3.8, 4) is 0 Å². The maximum atomic E-state index is 13.0. The van der Waals surface area contributed by atoms with Gasteiger partial charge in [0.2, 0.25) is 0 Å². The average molecular weight is 262 g/mol. The van der Waals surface area contributed by atoms with Crippen LogP contribution in [0.5, 0.6) is 0 Å². The summed E-state index contributed by atoms with van der Waals surface area (Å²) in [7, 11) is 0. The molecule has 3 N–H and O–H groups in total. The van der Waals surface area contributed by atoms with Crippen molar-refractivity contribution < 1.29 is 14.3 Å². The Morgan fingerprint density at radius 2 is 2.05 bits per heavy atom. The molecule has 0 aliphatic heterocycles. The van der Waals surface area contributed by atoms with Crippen molar-refractivity contribution in [2.24, 2.45) is 0 Å². The fraction of sp³-hybridized carbons (Fsp3) is 0.0833. The first-order chi connectivity index (χ1) is 9.13. The normalized spacial score (nSPS) is 9.95. The van der Waals surface area contributed by atoms with E-state index in [9.17, 15) is 9.18 Å². The molecule has 0 saturated heterocycles. The molecule has 0 fully saturated rings. The monoisotopic (exact) mass is 262 g/mol. The van der Waals surface area contributed by atoms with Crippen molar-refractivity contribution in [1.29, 1.82) is 0 Å². The summed E-state index contributed by atoms with van der Waals surface area (Å²) >= 11 is 0. The molecule has 98 valence electrons. The molecule has 6 nitrogen and oxygen atoms in total. The van der Waals surface area contributed by atoms with Gasteiger partial charge in [-0.1, -0.05) is 6.07 Å². The standard InChI is InChI=1S/C12H11FN4O2/c13-8-2-1-3-9(4-8)17-11-5-10(15-7-16-11)14-6-12(18)19/h1-5,7H,6H2,(H,18,19)(H2,14,15,16,17). The summed E-state index contributed by atoms with van der Waals surface area (Å²) in [4.78, 5) is 18.3. The molecule has 0 unspecified atom stereocenters. The number of halogens is 1. The Morgan fingerprint density at radius 3 is 2.79 bits per heavy atom. The third-order valence-electron chi connectivity index (χ3n) is 2.18. The zero-order valence-electron chi connectivity index (χ0n) is 9.80. The van der Waals surface area contributed by atoms with Crippen molar-refractivity contribution >= 4 is 23.3 Å². The largest absolute Gasteiger partial charge is 0.480 e. The number of hydrogen-bond acceptors (Lipinski definition) is 5. The zero-order valence-corrected chi connectivity index (χ0v) is 9.80. The van der Waals surface area contributed by atoms with Crippen LogP contribution in [0.15, 0.2) is 36.7 Å². The average Bonchev–Trinajstić information content (AvgIpc) is 2.37. The summed E-state index contributed by atoms with van der Waals surface area (Å²) in [6.45, 7) is -0.240. The first kappa shape index (κ1) is 12.7. The number of aliphatic carboxylic acids is 1. The van der Waals surface area contributed by atoms with Gasteiger partial charge in [-0.3, -0.25) is 4.79 Å². The van der Waals surface area contributed by atoms with Gasteiger partial charge >= 0.3 is 5.97 Å². The van der Waals surface area contributed by atoms with E-state index in [4.69, 9.17) is 5.11 Å². The first-order valence-electron chi connectivity index (χ1n) is 5.44. The molecule has 0 saturated carbocycles. The molecule has 2 aromatic rings. The third kappa shape index (κ3) is 3.91. The highest BCUT2D eigenvalue weighted by Gasteiger charge is 2.02. The second-order valence-corrected chi connectivity index (χ2v) is 3.67. The molecule has 1 aromatic heterocycles. The molecule has 0 amide bonds. The van der Waals surface area contributed by atoms with Crippen LogP contribution in [-0.4, -0.2) is 27.6 Å². The van der Waals surface area contributed by atoms with Crippen LogP contribution in [-0.2, 0) is 4.79 Å². The van der Waals surface area contributed by atoms with Gasteiger partial charge in [-0.25, -0.2) is 14.4 Å². The summed E-state index contributed by atoms with van der Waals surface area (Å²) < 4.78 is 13.0. The Hall–Kier alpha value is -2.70. The summed E-state index contributed by atoms with van der Waals surface area (Å²) in [6, 6.07) is 7.46. The lowest BCUT2D eigenvalue weighted by Gasteiger charge is -2.07. The SMILES string of the molecule is O=C(O)CNc1cc(Nc2cccc(F)c2)ncn1. The molecule has 7 heteroatoms. The van der Waals surface area contributed by atoms with Crippen molar-refractivity contribution in [3.05, 3.63) is 42.5 Å².